The van der Waals surface area contributed by atoms with E-state index in [0.29, 0.717) is 13.0 Å². The second-order valence-corrected chi connectivity index (χ2v) is 9.16. The summed E-state index contributed by atoms with van der Waals surface area (Å²) in [6.45, 7) is 4.81. The van der Waals surface area contributed by atoms with Gasteiger partial charge < -0.3 is 14.5 Å². The van der Waals surface area contributed by atoms with Crippen molar-refractivity contribution < 1.29 is 17.9 Å². The Morgan fingerprint density at radius 1 is 1.35 bits per heavy atom. The highest BCUT2D eigenvalue weighted by molar-refractivity contribution is 7.91. The summed E-state index contributed by atoms with van der Waals surface area (Å²) in [5.41, 5.74) is 0. The molecule has 0 saturated carbocycles. The van der Waals surface area contributed by atoms with Gasteiger partial charge in [0.05, 0.1) is 30.3 Å². The third-order valence-corrected chi connectivity index (χ3v) is 6.50. The number of ether oxygens (including phenoxy) is 1. The number of morpholine rings is 1. The number of carbonyl (C=O) groups excluding carboxylic acids is 1. The molecule has 7 nitrogen and oxygen atoms in total. The predicted octanol–water partition coefficient (Wildman–Crippen LogP) is -0.717. The van der Waals surface area contributed by atoms with Crippen LogP contribution >= 0.6 is 0 Å². The van der Waals surface area contributed by atoms with Crippen molar-refractivity contribution in [3.63, 3.8) is 0 Å². The Bertz CT molecular complexity index is 523. The highest BCUT2D eigenvalue weighted by Gasteiger charge is 2.36. The number of rotatable bonds is 5. The molecule has 0 unspecified atom stereocenters. The number of sulfone groups is 1. The smallest absolute Gasteiger partial charge is 0.239 e. The molecule has 0 aliphatic carbocycles. The molecule has 0 aromatic carbocycles. The first-order chi connectivity index (χ1) is 10.7. The van der Waals surface area contributed by atoms with Crippen LogP contribution < -0.4 is 0 Å². The largest absolute Gasteiger partial charge is 0.374 e. The molecule has 2 rings (SSSR count). The molecule has 134 valence electrons. The van der Waals surface area contributed by atoms with Gasteiger partial charge in [-0.2, -0.15) is 0 Å². The van der Waals surface area contributed by atoms with Crippen LogP contribution in [0, 0.1) is 0 Å². The number of carbonyl (C=O) groups is 1. The molecule has 2 heterocycles. The van der Waals surface area contributed by atoms with Crippen LogP contribution in [0.1, 0.15) is 13.3 Å². The number of amides is 1. The van der Waals surface area contributed by atoms with E-state index in [2.05, 4.69) is 9.80 Å². The van der Waals surface area contributed by atoms with Crippen molar-refractivity contribution >= 4 is 15.7 Å². The van der Waals surface area contributed by atoms with Gasteiger partial charge >= 0.3 is 0 Å². The lowest BCUT2D eigenvalue weighted by Gasteiger charge is -2.39. The first kappa shape index (κ1) is 18.6. The van der Waals surface area contributed by atoms with Gasteiger partial charge in [-0.25, -0.2) is 8.42 Å². The van der Waals surface area contributed by atoms with Gasteiger partial charge in [0.25, 0.3) is 0 Å². The fraction of sp³-hybridized carbons (Fsp3) is 0.933. The van der Waals surface area contributed by atoms with Crippen molar-refractivity contribution in [1.82, 2.24) is 14.7 Å². The molecule has 0 aromatic rings. The highest BCUT2D eigenvalue weighted by atomic mass is 32.2. The van der Waals surface area contributed by atoms with Crippen LogP contribution in [0.5, 0.6) is 0 Å². The Hall–Kier alpha value is -0.700. The lowest BCUT2D eigenvalue weighted by molar-refractivity contribution is -0.140. The maximum Gasteiger partial charge on any atom is 0.239 e. The summed E-state index contributed by atoms with van der Waals surface area (Å²) in [6.07, 6.45) is 0.648. The fourth-order valence-electron chi connectivity index (χ4n) is 3.32. The lowest BCUT2D eigenvalue weighted by Crippen LogP contribution is -2.55. The maximum absolute atomic E-state index is 12.7. The zero-order chi connectivity index (χ0) is 17.2. The minimum atomic E-state index is -2.98. The van der Waals surface area contributed by atoms with Crippen molar-refractivity contribution in [1.29, 1.82) is 0 Å². The van der Waals surface area contributed by atoms with Gasteiger partial charge in [-0.05, 0) is 27.4 Å². The standard InChI is InChI=1S/C15H29N3O4S/c1-12(18-6-7-22-14(10-18)9-16(2)3)15(19)17(4)13-5-8-23(20,21)11-13/h12-14H,5-11H2,1-4H3/t12-,13+,14+/m1/s1. The first-order valence-electron chi connectivity index (χ1n) is 8.17. The third-order valence-electron chi connectivity index (χ3n) is 4.75. The Morgan fingerprint density at radius 3 is 2.61 bits per heavy atom. The second-order valence-electron chi connectivity index (χ2n) is 6.93. The van der Waals surface area contributed by atoms with E-state index < -0.39 is 9.84 Å². The summed E-state index contributed by atoms with van der Waals surface area (Å²) >= 11 is 0. The van der Waals surface area contributed by atoms with E-state index in [1.807, 2.05) is 21.0 Å². The van der Waals surface area contributed by atoms with E-state index in [-0.39, 0.29) is 35.6 Å². The molecule has 2 saturated heterocycles. The molecular weight excluding hydrogens is 318 g/mol. The van der Waals surface area contributed by atoms with Crippen LogP contribution in [0.25, 0.3) is 0 Å². The average Bonchev–Trinajstić information content (AvgIpc) is 2.84. The normalized spacial score (nSPS) is 29.6. The minimum absolute atomic E-state index is 0.00222. The van der Waals surface area contributed by atoms with Gasteiger partial charge in [-0.3, -0.25) is 9.69 Å². The lowest BCUT2D eigenvalue weighted by atomic mass is 10.1. The van der Waals surface area contributed by atoms with Crippen LogP contribution in [0.3, 0.4) is 0 Å². The van der Waals surface area contributed by atoms with Gasteiger partial charge in [-0.15, -0.1) is 0 Å². The van der Waals surface area contributed by atoms with Gasteiger partial charge in [0.1, 0.15) is 0 Å². The number of nitrogens with zero attached hydrogens (tertiary/aromatic N) is 3. The predicted molar refractivity (Wildman–Crippen MR) is 89.2 cm³/mol. The topological polar surface area (TPSA) is 70.2 Å². The van der Waals surface area contributed by atoms with Crippen LogP contribution in [-0.4, -0.2) is 106 Å². The zero-order valence-electron chi connectivity index (χ0n) is 14.6. The minimum Gasteiger partial charge on any atom is -0.374 e. The van der Waals surface area contributed by atoms with Gasteiger partial charge in [0.2, 0.25) is 5.91 Å². The Labute approximate surface area is 139 Å². The van der Waals surface area contributed by atoms with Crippen molar-refractivity contribution in [2.75, 3.05) is 58.9 Å². The highest BCUT2D eigenvalue weighted by Crippen LogP contribution is 2.19. The number of hydrogen-bond acceptors (Lipinski definition) is 6. The summed E-state index contributed by atoms with van der Waals surface area (Å²) in [5.74, 6) is 0.276. The van der Waals surface area contributed by atoms with E-state index >= 15 is 0 Å². The molecule has 0 aromatic heterocycles. The third kappa shape index (κ3) is 4.89. The molecule has 3 atom stereocenters. The van der Waals surface area contributed by atoms with Crippen LogP contribution in [0.4, 0.5) is 0 Å². The number of hydrogen-bond donors (Lipinski definition) is 0. The van der Waals surface area contributed by atoms with Gasteiger partial charge in [0.15, 0.2) is 9.84 Å². The molecule has 2 fully saturated rings. The van der Waals surface area contributed by atoms with Crippen LogP contribution in [-0.2, 0) is 19.4 Å². The molecule has 8 heteroatoms. The van der Waals surface area contributed by atoms with Crippen molar-refractivity contribution in [3.05, 3.63) is 0 Å². The Kier molecular flexibility index (Phi) is 6.05. The number of likely N-dealkylation sites (N-methyl/N-ethyl adjacent to an activating group) is 2. The summed E-state index contributed by atoms with van der Waals surface area (Å²) in [4.78, 5) is 18.6. The van der Waals surface area contributed by atoms with E-state index in [9.17, 15) is 13.2 Å². The van der Waals surface area contributed by atoms with E-state index in [1.54, 1.807) is 11.9 Å². The molecule has 0 bridgehead atoms. The first-order valence-corrected chi connectivity index (χ1v) is 9.99. The molecular formula is C15H29N3O4S. The van der Waals surface area contributed by atoms with E-state index in [1.165, 1.54) is 0 Å². The van der Waals surface area contributed by atoms with Crippen LogP contribution in [0.2, 0.25) is 0 Å². The molecule has 1 amide bonds. The SMILES string of the molecule is C[C@H](C(=O)N(C)[C@H]1CCS(=O)(=O)C1)N1CCO[C@@H](CN(C)C)C1. The molecule has 23 heavy (non-hydrogen) atoms. The Balaban J connectivity index is 1.93. The monoisotopic (exact) mass is 347 g/mol. The molecule has 2 aliphatic heterocycles. The average molecular weight is 347 g/mol. The van der Waals surface area contributed by atoms with E-state index in [4.69, 9.17) is 4.74 Å². The second kappa shape index (κ2) is 7.46. The molecule has 0 N–H and O–H groups in total. The zero-order valence-corrected chi connectivity index (χ0v) is 15.4. The summed E-state index contributed by atoms with van der Waals surface area (Å²) in [7, 11) is 2.75. The molecule has 0 spiro atoms. The summed E-state index contributed by atoms with van der Waals surface area (Å²) in [6, 6.07) is -0.439. The fourth-order valence-corrected chi connectivity index (χ4v) is 5.10. The van der Waals surface area contributed by atoms with Gasteiger partial charge in [-0.1, -0.05) is 0 Å². The van der Waals surface area contributed by atoms with Crippen molar-refractivity contribution in [2.45, 2.75) is 31.5 Å². The van der Waals surface area contributed by atoms with Gasteiger partial charge in [0, 0.05) is 32.7 Å². The summed E-state index contributed by atoms with van der Waals surface area (Å²) < 4.78 is 29.0. The Morgan fingerprint density at radius 2 is 2.04 bits per heavy atom. The quantitative estimate of drug-likeness (QED) is 0.654. The maximum atomic E-state index is 12.7. The van der Waals surface area contributed by atoms with Crippen molar-refractivity contribution in [3.8, 4) is 0 Å². The van der Waals surface area contributed by atoms with Crippen LogP contribution in [0.15, 0.2) is 0 Å². The van der Waals surface area contributed by atoms with Crippen molar-refractivity contribution in [2.24, 2.45) is 0 Å². The molecule has 0 radical (unpaired) electrons. The molecule has 2 aliphatic rings. The van der Waals surface area contributed by atoms with E-state index in [0.717, 1.165) is 19.6 Å². The summed E-state index contributed by atoms with van der Waals surface area (Å²) in [5, 5.41) is 0.